The van der Waals surface area contributed by atoms with Crippen LogP contribution < -0.4 is 10.6 Å². The van der Waals surface area contributed by atoms with Crippen molar-refractivity contribution in [1.29, 1.82) is 0 Å². The van der Waals surface area contributed by atoms with E-state index in [2.05, 4.69) is 4.98 Å². The summed E-state index contributed by atoms with van der Waals surface area (Å²) in [7, 11) is 3.46. The van der Waals surface area contributed by atoms with Gasteiger partial charge < -0.3 is 20.5 Å². The van der Waals surface area contributed by atoms with Gasteiger partial charge in [-0.15, -0.1) is 11.3 Å². The van der Waals surface area contributed by atoms with Crippen LogP contribution in [0.3, 0.4) is 0 Å². The minimum absolute atomic E-state index is 0.309. The van der Waals surface area contributed by atoms with Crippen LogP contribution in [0.4, 0.5) is 11.4 Å². The third-order valence-electron chi connectivity index (χ3n) is 2.77. The molecule has 1 unspecified atom stereocenters. The summed E-state index contributed by atoms with van der Waals surface area (Å²) in [5, 5.41) is 9.72. The van der Waals surface area contributed by atoms with Gasteiger partial charge in [0.15, 0.2) is 0 Å². The quantitative estimate of drug-likeness (QED) is 0.799. The van der Waals surface area contributed by atoms with Gasteiger partial charge in [0, 0.05) is 20.7 Å². The Morgan fingerprint density at radius 2 is 2.33 bits per heavy atom. The lowest BCUT2D eigenvalue weighted by Crippen LogP contribution is -2.32. The number of thiazole rings is 1. The molecule has 0 aliphatic rings. The van der Waals surface area contributed by atoms with E-state index in [1.165, 1.54) is 0 Å². The van der Waals surface area contributed by atoms with Crippen LogP contribution in [0.2, 0.25) is 0 Å². The van der Waals surface area contributed by atoms with Gasteiger partial charge in [-0.2, -0.15) is 0 Å². The molecule has 98 valence electrons. The van der Waals surface area contributed by atoms with E-state index in [0.29, 0.717) is 18.8 Å². The molecule has 0 radical (unpaired) electrons. The van der Waals surface area contributed by atoms with Crippen molar-refractivity contribution in [1.82, 2.24) is 4.98 Å². The fraction of sp³-hybridized carbons (Fsp3) is 0.417. The lowest BCUT2D eigenvalue weighted by molar-refractivity contribution is 0.0695. The number of benzene rings is 1. The summed E-state index contributed by atoms with van der Waals surface area (Å²) < 4.78 is 5.98. The van der Waals surface area contributed by atoms with Gasteiger partial charge in [-0.3, -0.25) is 0 Å². The maximum atomic E-state index is 9.72. The molecule has 0 spiro atoms. The summed E-state index contributed by atoms with van der Waals surface area (Å²) in [6, 6.07) is 3.95. The van der Waals surface area contributed by atoms with Crippen molar-refractivity contribution in [3.63, 3.8) is 0 Å². The third-order valence-corrected chi connectivity index (χ3v) is 3.57. The first-order valence-electron chi connectivity index (χ1n) is 5.63. The first-order valence-corrected chi connectivity index (χ1v) is 6.51. The highest BCUT2D eigenvalue weighted by molar-refractivity contribution is 7.16. The number of aliphatic hydroxyl groups is 1. The SMILES string of the molecule is COCC(O)CN(C)c1ccc2scnc2c1N. The van der Waals surface area contributed by atoms with Crippen LogP contribution in [-0.4, -0.2) is 43.5 Å². The van der Waals surface area contributed by atoms with Crippen LogP contribution >= 0.6 is 11.3 Å². The fourth-order valence-corrected chi connectivity index (χ4v) is 2.63. The first-order chi connectivity index (χ1) is 8.63. The molecule has 0 aliphatic heterocycles. The van der Waals surface area contributed by atoms with Gasteiger partial charge >= 0.3 is 0 Å². The zero-order valence-electron chi connectivity index (χ0n) is 10.5. The maximum absolute atomic E-state index is 9.72. The number of nitrogens with two attached hydrogens (primary N) is 1. The van der Waals surface area contributed by atoms with Crippen LogP contribution in [0.1, 0.15) is 0 Å². The van der Waals surface area contributed by atoms with Crippen molar-refractivity contribution in [3.8, 4) is 0 Å². The largest absolute Gasteiger partial charge is 0.395 e. The number of ether oxygens (including phenoxy) is 1. The normalized spacial score (nSPS) is 12.8. The molecule has 0 bridgehead atoms. The second-order valence-electron chi connectivity index (χ2n) is 4.19. The monoisotopic (exact) mass is 267 g/mol. The molecule has 1 heterocycles. The number of aliphatic hydroxyl groups excluding tert-OH is 1. The smallest absolute Gasteiger partial charge is 0.106 e. The van der Waals surface area contributed by atoms with E-state index in [0.717, 1.165) is 15.9 Å². The second kappa shape index (κ2) is 5.51. The molecule has 5 nitrogen and oxygen atoms in total. The fourth-order valence-electron chi connectivity index (χ4n) is 1.93. The van der Waals surface area contributed by atoms with Gasteiger partial charge in [-0.25, -0.2) is 4.98 Å². The van der Waals surface area contributed by atoms with Crippen molar-refractivity contribution in [3.05, 3.63) is 17.6 Å². The van der Waals surface area contributed by atoms with E-state index >= 15 is 0 Å². The van der Waals surface area contributed by atoms with E-state index in [9.17, 15) is 5.11 Å². The number of hydrogen-bond donors (Lipinski definition) is 2. The van der Waals surface area contributed by atoms with Crippen LogP contribution in [0, 0.1) is 0 Å². The molecular weight excluding hydrogens is 250 g/mol. The molecule has 2 rings (SSSR count). The van der Waals surface area contributed by atoms with Crippen molar-refractivity contribution in [2.75, 3.05) is 37.9 Å². The Labute approximate surface area is 110 Å². The molecule has 2 aromatic rings. The molecular formula is C12H17N3O2S. The highest BCUT2D eigenvalue weighted by atomic mass is 32.1. The molecule has 3 N–H and O–H groups in total. The van der Waals surface area contributed by atoms with E-state index < -0.39 is 6.10 Å². The molecule has 0 amide bonds. The third kappa shape index (κ3) is 2.55. The summed E-state index contributed by atoms with van der Waals surface area (Å²) in [6.45, 7) is 0.775. The molecule has 0 aliphatic carbocycles. The summed E-state index contributed by atoms with van der Waals surface area (Å²) >= 11 is 1.56. The van der Waals surface area contributed by atoms with Gasteiger partial charge in [0.25, 0.3) is 0 Å². The molecule has 0 fully saturated rings. The standard InChI is InChI=1S/C12H17N3O2S/c1-15(5-8(16)6-17-2)9-3-4-10-12(11(9)13)14-7-18-10/h3-4,7-8,16H,5-6,13H2,1-2H3. The maximum Gasteiger partial charge on any atom is 0.106 e. The highest BCUT2D eigenvalue weighted by Crippen LogP contribution is 2.31. The van der Waals surface area contributed by atoms with Gasteiger partial charge in [-0.05, 0) is 12.1 Å². The molecule has 6 heteroatoms. The highest BCUT2D eigenvalue weighted by Gasteiger charge is 2.13. The van der Waals surface area contributed by atoms with Crippen molar-refractivity contribution in [2.45, 2.75) is 6.10 Å². The molecule has 0 saturated carbocycles. The zero-order valence-corrected chi connectivity index (χ0v) is 11.3. The Balaban J connectivity index is 2.21. The summed E-state index contributed by atoms with van der Waals surface area (Å²) in [6.07, 6.45) is -0.537. The predicted molar refractivity (Wildman–Crippen MR) is 75.2 cm³/mol. The Morgan fingerprint density at radius 1 is 1.56 bits per heavy atom. The van der Waals surface area contributed by atoms with Gasteiger partial charge in [0.05, 0.1) is 34.3 Å². The predicted octanol–water partition coefficient (Wildman–Crippen LogP) is 1.32. The number of fused-ring (bicyclic) bond motifs is 1. The Kier molecular flexibility index (Phi) is 4.00. The first kappa shape index (κ1) is 13.1. The van der Waals surface area contributed by atoms with E-state index in [1.54, 1.807) is 24.0 Å². The van der Waals surface area contributed by atoms with Crippen molar-refractivity contribution < 1.29 is 9.84 Å². The van der Waals surface area contributed by atoms with Crippen molar-refractivity contribution in [2.24, 2.45) is 0 Å². The summed E-state index contributed by atoms with van der Waals surface area (Å²) in [5.41, 5.74) is 10.2. The summed E-state index contributed by atoms with van der Waals surface area (Å²) in [5.74, 6) is 0. The lowest BCUT2D eigenvalue weighted by Gasteiger charge is -2.23. The summed E-state index contributed by atoms with van der Waals surface area (Å²) in [4.78, 5) is 6.17. The topological polar surface area (TPSA) is 71.6 Å². The number of methoxy groups -OCH3 is 1. The average molecular weight is 267 g/mol. The number of hydrogen-bond acceptors (Lipinski definition) is 6. The van der Waals surface area contributed by atoms with Crippen LogP contribution in [0.25, 0.3) is 10.2 Å². The Morgan fingerprint density at radius 3 is 3.06 bits per heavy atom. The molecule has 1 atom stereocenters. The zero-order chi connectivity index (χ0) is 13.1. The number of anilines is 2. The van der Waals surface area contributed by atoms with Crippen LogP contribution in [-0.2, 0) is 4.74 Å². The van der Waals surface area contributed by atoms with Crippen molar-refractivity contribution >= 4 is 32.9 Å². The van der Waals surface area contributed by atoms with Gasteiger partial charge in [0.2, 0.25) is 0 Å². The Bertz CT molecular complexity index is 529. The number of rotatable bonds is 5. The van der Waals surface area contributed by atoms with E-state index in [4.69, 9.17) is 10.5 Å². The number of nitrogens with zero attached hydrogens (tertiary/aromatic N) is 2. The van der Waals surface area contributed by atoms with Gasteiger partial charge in [-0.1, -0.05) is 0 Å². The molecule has 1 aromatic heterocycles. The van der Waals surface area contributed by atoms with E-state index in [-0.39, 0.29) is 0 Å². The Hall–Kier alpha value is -1.37. The molecule has 0 saturated heterocycles. The second-order valence-corrected chi connectivity index (χ2v) is 5.07. The average Bonchev–Trinajstić information content (AvgIpc) is 2.78. The lowest BCUT2D eigenvalue weighted by atomic mass is 10.2. The van der Waals surface area contributed by atoms with E-state index in [1.807, 2.05) is 24.1 Å². The number of aromatic nitrogens is 1. The van der Waals surface area contributed by atoms with Gasteiger partial charge in [0.1, 0.15) is 5.52 Å². The number of likely N-dealkylation sites (N-methyl/N-ethyl adjacent to an activating group) is 1. The van der Waals surface area contributed by atoms with Crippen LogP contribution in [0.5, 0.6) is 0 Å². The minimum Gasteiger partial charge on any atom is -0.395 e. The molecule has 18 heavy (non-hydrogen) atoms. The minimum atomic E-state index is -0.537. The number of nitrogen functional groups attached to an aromatic ring is 1. The molecule has 1 aromatic carbocycles. The van der Waals surface area contributed by atoms with Crippen LogP contribution in [0.15, 0.2) is 17.6 Å².